The number of sulfone groups is 1. The number of rotatable bonds is 6. The quantitative estimate of drug-likeness (QED) is 0.737. The molecule has 1 amide bonds. The SMILES string of the molecule is CCc1ccc(NC(=O)C(C)OC(=O)c2cc(S(C)(=O)=O)ccc2Cl)cc1. The van der Waals surface area contributed by atoms with Crippen molar-refractivity contribution < 1.29 is 22.7 Å². The van der Waals surface area contributed by atoms with E-state index < -0.39 is 27.8 Å². The zero-order chi connectivity index (χ0) is 20.2. The summed E-state index contributed by atoms with van der Waals surface area (Å²) >= 11 is 5.97. The van der Waals surface area contributed by atoms with Gasteiger partial charge in [-0.1, -0.05) is 30.7 Å². The molecule has 0 heterocycles. The molecule has 0 aliphatic carbocycles. The topological polar surface area (TPSA) is 89.5 Å². The largest absolute Gasteiger partial charge is 0.449 e. The molecule has 0 spiro atoms. The maximum Gasteiger partial charge on any atom is 0.340 e. The lowest BCUT2D eigenvalue weighted by atomic mass is 10.1. The first kappa shape index (κ1) is 20.9. The molecule has 0 aliphatic rings. The number of hydrogen-bond donors (Lipinski definition) is 1. The second kappa shape index (κ2) is 8.54. The fourth-order valence-corrected chi connectivity index (χ4v) is 3.08. The summed E-state index contributed by atoms with van der Waals surface area (Å²) in [5, 5.41) is 2.69. The summed E-state index contributed by atoms with van der Waals surface area (Å²) in [6.07, 6.45) is 0.808. The van der Waals surface area contributed by atoms with Gasteiger partial charge in [0.2, 0.25) is 0 Å². The van der Waals surface area contributed by atoms with Crippen LogP contribution in [0.3, 0.4) is 0 Å². The molecule has 6 nitrogen and oxygen atoms in total. The molecule has 8 heteroatoms. The molecule has 1 unspecified atom stereocenters. The first-order valence-corrected chi connectivity index (χ1v) is 10.5. The Bertz CT molecular complexity index is 955. The second-order valence-electron chi connectivity index (χ2n) is 6.00. The summed E-state index contributed by atoms with van der Waals surface area (Å²) in [4.78, 5) is 24.5. The van der Waals surface area contributed by atoms with Crippen LogP contribution in [0.2, 0.25) is 5.02 Å². The molecular weight excluding hydrogens is 390 g/mol. The Morgan fingerprint density at radius 1 is 1.15 bits per heavy atom. The second-order valence-corrected chi connectivity index (χ2v) is 8.42. The van der Waals surface area contributed by atoms with Crippen LogP contribution in [0, 0.1) is 0 Å². The number of ether oxygens (including phenoxy) is 1. The van der Waals surface area contributed by atoms with Gasteiger partial charge in [-0.3, -0.25) is 4.79 Å². The Labute approximate surface area is 163 Å². The lowest BCUT2D eigenvalue weighted by Gasteiger charge is -2.14. The zero-order valence-corrected chi connectivity index (χ0v) is 16.7. The maximum atomic E-state index is 12.3. The van der Waals surface area contributed by atoms with E-state index in [0.29, 0.717) is 5.69 Å². The highest BCUT2D eigenvalue weighted by atomic mass is 35.5. The van der Waals surface area contributed by atoms with Gasteiger partial charge in [-0.25, -0.2) is 13.2 Å². The minimum atomic E-state index is -3.51. The lowest BCUT2D eigenvalue weighted by molar-refractivity contribution is -0.123. The average Bonchev–Trinajstić information content (AvgIpc) is 2.61. The van der Waals surface area contributed by atoms with Crippen LogP contribution in [0.25, 0.3) is 0 Å². The van der Waals surface area contributed by atoms with Crippen molar-refractivity contribution in [3.8, 4) is 0 Å². The Morgan fingerprint density at radius 3 is 2.33 bits per heavy atom. The Kier molecular flexibility index (Phi) is 6.62. The summed E-state index contributed by atoms with van der Waals surface area (Å²) < 4.78 is 28.4. The van der Waals surface area contributed by atoms with Crippen LogP contribution in [0.5, 0.6) is 0 Å². The summed E-state index contributed by atoms with van der Waals surface area (Å²) in [6.45, 7) is 3.45. The zero-order valence-electron chi connectivity index (χ0n) is 15.2. The molecule has 0 radical (unpaired) electrons. The third-order valence-corrected chi connectivity index (χ3v) is 5.31. The van der Waals surface area contributed by atoms with E-state index in [1.54, 1.807) is 12.1 Å². The van der Waals surface area contributed by atoms with Crippen LogP contribution in [0.1, 0.15) is 29.8 Å². The number of esters is 1. The van der Waals surface area contributed by atoms with Crippen LogP contribution in [-0.2, 0) is 25.8 Å². The van der Waals surface area contributed by atoms with E-state index in [2.05, 4.69) is 5.32 Å². The molecule has 1 N–H and O–H groups in total. The van der Waals surface area contributed by atoms with Gasteiger partial charge in [-0.05, 0) is 49.2 Å². The van der Waals surface area contributed by atoms with Crippen LogP contribution in [0.15, 0.2) is 47.4 Å². The highest BCUT2D eigenvalue weighted by Gasteiger charge is 2.22. The molecule has 0 saturated carbocycles. The predicted octanol–water partition coefficient (Wildman–Crippen LogP) is 3.49. The van der Waals surface area contributed by atoms with E-state index in [4.69, 9.17) is 16.3 Å². The number of halogens is 1. The number of benzene rings is 2. The van der Waals surface area contributed by atoms with Gasteiger partial charge >= 0.3 is 5.97 Å². The summed E-state index contributed by atoms with van der Waals surface area (Å²) in [6, 6.07) is 11.0. The van der Waals surface area contributed by atoms with Gasteiger partial charge in [0.1, 0.15) is 0 Å². The third kappa shape index (κ3) is 5.55. The Morgan fingerprint density at radius 2 is 1.78 bits per heavy atom. The molecule has 0 aromatic heterocycles. The summed E-state index contributed by atoms with van der Waals surface area (Å²) in [7, 11) is -3.51. The molecule has 2 aromatic rings. The van der Waals surface area contributed by atoms with E-state index >= 15 is 0 Å². The minimum Gasteiger partial charge on any atom is -0.449 e. The summed E-state index contributed by atoms with van der Waals surface area (Å²) in [5.74, 6) is -1.39. The molecule has 0 bridgehead atoms. The highest BCUT2D eigenvalue weighted by molar-refractivity contribution is 7.90. The third-order valence-electron chi connectivity index (χ3n) is 3.87. The van der Waals surface area contributed by atoms with Gasteiger partial charge in [0, 0.05) is 11.9 Å². The molecular formula is C19H20ClNO5S. The minimum absolute atomic E-state index is 0.0372. The lowest BCUT2D eigenvalue weighted by Crippen LogP contribution is -2.30. The van der Waals surface area contributed by atoms with E-state index in [9.17, 15) is 18.0 Å². The number of hydrogen-bond acceptors (Lipinski definition) is 5. The smallest absolute Gasteiger partial charge is 0.340 e. The van der Waals surface area contributed by atoms with Crippen LogP contribution in [-0.4, -0.2) is 32.7 Å². The van der Waals surface area contributed by atoms with Gasteiger partial charge in [0.05, 0.1) is 15.5 Å². The van der Waals surface area contributed by atoms with Crippen molar-refractivity contribution in [1.82, 2.24) is 0 Å². The molecule has 27 heavy (non-hydrogen) atoms. The number of carbonyl (C=O) groups excluding carboxylic acids is 2. The molecule has 1 atom stereocenters. The van der Waals surface area contributed by atoms with Gasteiger partial charge in [0.25, 0.3) is 5.91 Å². The molecule has 0 aliphatic heterocycles. The van der Waals surface area contributed by atoms with Crippen molar-refractivity contribution in [1.29, 1.82) is 0 Å². The Balaban J connectivity index is 2.09. The van der Waals surface area contributed by atoms with Gasteiger partial charge in [0.15, 0.2) is 15.9 Å². The van der Waals surface area contributed by atoms with Gasteiger partial charge in [-0.15, -0.1) is 0 Å². The van der Waals surface area contributed by atoms with Crippen molar-refractivity contribution in [2.75, 3.05) is 11.6 Å². The van der Waals surface area contributed by atoms with Gasteiger partial charge < -0.3 is 10.1 Å². The molecule has 2 rings (SSSR count). The van der Waals surface area contributed by atoms with E-state index in [1.165, 1.54) is 19.1 Å². The van der Waals surface area contributed by atoms with Crippen molar-refractivity contribution in [3.05, 3.63) is 58.6 Å². The average molecular weight is 410 g/mol. The van der Waals surface area contributed by atoms with Crippen LogP contribution >= 0.6 is 11.6 Å². The highest BCUT2D eigenvalue weighted by Crippen LogP contribution is 2.22. The van der Waals surface area contributed by atoms with E-state index in [-0.39, 0.29) is 15.5 Å². The first-order valence-electron chi connectivity index (χ1n) is 8.22. The molecule has 0 fully saturated rings. The normalized spacial score (nSPS) is 12.3. The summed E-state index contributed by atoms with van der Waals surface area (Å²) in [5.41, 5.74) is 1.59. The van der Waals surface area contributed by atoms with Crippen LogP contribution < -0.4 is 5.32 Å². The van der Waals surface area contributed by atoms with Crippen LogP contribution in [0.4, 0.5) is 5.69 Å². The number of carbonyl (C=O) groups is 2. The van der Waals surface area contributed by atoms with Crippen molar-refractivity contribution >= 4 is 39.0 Å². The maximum absolute atomic E-state index is 12.3. The van der Waals surface area contributed by atoms with Crippen molar-refractivity contribution in [3.63, 3.8) is 0 Å². The fourth-order valence-electron chi connectivity index (χ4n) is 2.24. The van der Waals surface area contributed by atoms with Gasteiger partial charge in [-0.2, -0.15) is 0 Å². The fraction of sp³-hybridized carbons (Fsp3) is 0.263. The molecule has 0 saturated heterocycles. The van der Waals surface area contributed by atoms with E-state index in [1.807, 2.05) is 19.1 Å². The Hall–Kier alpha value is -2.38. The standard InChI is InChI=1S/C19H20ClNO5S/c1-4-13-5-7-14(8-6-13)21-18(22)12(2)26-19(23)16-11-15(27(3,24)25)9-10-17(16)20/h5-12H,4H2,1-3H3,(H,21,22). The van der Waals surface area contributed by atoms with E-state index in [0.717, 1.165) is 24.3 Å². The number of aryl methyl sites for hydroxylation is 1. The number of anilines is 1. The first-order chi connectivity index (χ1) is 12.6. The van der Waals surface area contributed by atoms with Crippen molar-refractivity contribution in [2.45, 2.75) is 31.3 Å². The van der Waals surface area contributed by atoms with Crippen molar-refractivity contribution in [2.24, 2.45) is 0 Å². The monoisotopic (exact) mass is 409 g/mol. The predicted molar refractivity (Wildman–Crippen MR) is 104 cm³/mol. The molecule has 2 aromatic carbocycles. The number of amides is 1. The number of nitrogens with one attached hydrogen (secondary N) is 1. The molecule has 144 valence electrons.